The van der Waals surface area contributed by atoms with E-state index in [0.29, 0.717) is 18.5 Å². The smallest absolute Gasteiger partial charge is 0.251 e. The Balaban J connectivity index is 1.60. The molecule has 1 saturated heterocycles. The summed E-state index contributed by atoms with van der Waals surface area (Å²) in [5, 5.41) is 6.12. The topological polar surface area (TPSA) is 75.3 Å². The Morgan fingerprint density at radius 3 is 2.60 bits per heavy atom. The lowest BCUT2D eigenvalue weighted by atomic mass is 10.1. The van der Waals surface area contributed by atoms with Gasteiger partial charge in [0, 0.05) is 23.8 Å². The van der Waals surface area contributed by atoms with Crippen LogP contribution in [-0.2, 0) is 16.4 Å². The molecule has 1 fully saturated rings. The van der Waals surface area contributed by atoms with Crippen molar-refractivity contribution >= 4 is 21.4 Å². The molecule has 0 saturated carbocycles. The Labute approximate surface area is 148 Å². The van der Waals surface area contributed by atoms with Crippen molar-refractivity contribution in [3.63, 3.8) is 0 Å². The normalized spacial score (nSPS) is 18.7. The van der Waals surface area contributed by atoms with Gasteiger partial charge in [-0.1, -0.05) is 35.9 Å². The molecule has 1 atom stereocenters. The average Bonchev–Trinajstić information content (AvgIpc) is 2.93. The highest BCUT2D eigenvalue weighted by molar-refractivity contribution is 7.91. The lowest BCUT2D eigenvalue weighted by molar-refractivity contribution is 0.0941. The average molecular weight is 358 g/mol. The summed E-state index contributed by atoms with van der Waals surface area (Å²) < 4.78 is 23.0. The fourth-order valence-electron chi connectivity index (χ4n) is 2.86. The molecule has 3 rings (SSSR count). The molecule has 0 aliphatic carbocycles. The summed E-state index contributed by atoms with van der Waals surface area (Å²) in [6, 6.07) is 15.2. The molecule has 1 amide bonds. The number of sulfone groups is 1. The molecular weight excluding hydrogens is 336 g/mol. The van der Waals surface area contributed by atoms with Gasteiger partial charge in [-0.05, 0) is 37.1 Å². The Morgan fingerprint density at radius 1 is 1.16 bits per heavy atom. The fourth-order valence-corrected chi connectivity index (χ4v) is 4.53. The van der Waals surface area contributed by atoms with Crippen LogP contribution in [0, 0.1) is 6.92 Å². The predicted octanol–water partition coefficient (Wildman–Crippen LogP) is 2.52. The second kappa shape index (κ2) is 7.27. The van der Waals surface area contributed by atoms with Crippen LogP contribution in [0.5, 0.6) is 0 Å². The van der Waals surface area contributed by atoms with E-state index in [1.807, 2.05) is 12.1 Å². The highest BCUT2D eigenvalue weighted by Gasteiger charge is 2.29. The first-order valence-electron chi connectivity index (χ1n) is 8.32. The number of nitrogens with one attached hydrogen (secondary N) is 2. The van der Waals surface area contributed by atoms with Gasteiger partial charge in [-0.25, -0.2) is 8.42 Å². The molecule has 5 nitrogen and oxygen atoms in total. The maximum atomic E-state index is 12.3. The lowest BCUT2D eigenvalue weighted by Gasteiger charge is -2.12. The summed E-state index contributed by atoms with van der Waals surface area (Å²) in [5.74, 6) is -0.0544. The zero-order valence-electron chi connectivity index (χ0n) is 14.2. The van der Waals surface area contributed by atoms with Crippen molar-refractivity contribution in [3.05, 3.63) is 65.2 Å². The summed E-state index contributed by atoms with van der Waals surface area (Å²) in [6.07, 6.45) is 0.486. The monoisotopic (exact) mass is 358 g/mol. The van der Waals surface area contributed by atoms with Crippen molar-refractivity contribution < 1.29 is 13.2 Å². The minimum absolute atomic E-state index is 0.0318. The summed E-state index contributed by atoms with van der Waals surface area (Å²) >= 11 is 0. The Kier molecular flexibility index (Phi) is 5.08. The van der Waals surface area contributed by atoms with Crippen LogP contribution in [0.3, 0.4) is 0 Å². The molecule has 1 aliphatic rings. The van der Waals surface area contributed by atoms with Gasteiger partial charge in [-0.3, -0.25) is 4.79 Å². The van der Waals surface area contributed by atoms with Gasteiger partial charge in [-0.15, -0.1) is 0 Å². The van der Waals surface area contributed by atoms with Crippen LogP contribution in [0.4, 0.5) is 5.69 Å². The van der Waals surface area contributed by atoms with Gasteiger partial charge >= 0.3 is 0 Å². The molecular formula is C19H22N2O3S. The third kappa shape index (κ3) is 4.82. The molecule has 132 valence electrons. The first-order chi connectivity index (χ1) is 11.9. The third-order valence-electron chi connectivity index (χ3n) is 4.31. The van der Waals surface area contributed by atoms with E-state index in [0.717, 1.165) is 11.3 Å². The first-order valence-corrected chi connectivity index (χ1v) is 10.1. The predicted molar refractivity (Wildman–Crippen MR) is 99.5 cm³/mol. The molecule has 1 heterocycles. The van der Waals surface area contributed by atoms with Gasteiger partial charge in [0.1, 0.15) is 0 Å². The number of hydrogen-bond acceptors (Lipinski definition) is 4. The van der Waals surface area contributed by atoms with Crippen molar-refractivity contribution in [3.8, 4) is 0 Å². The number of amides is 1. The van der Waals surface area contributed by atoms with Gasteiger partial charge in [0.2, 0.25) is 0 Å². The third-order valence-corrected chi connectivity index (χ3v) is 6.08. The van der Waals surface area contributed by atoms with E-state index in [-0.39, 0.29) is 23.5 Å². The number of hydrogen-bond donors (Lipinski definition) is 2. The van der Waals surface area contributed by atoms with E-state index < -0.39 is 9.84 Å². The Hall–Kier alpha value is -2.34. The molecule has 25 heavy (non-hydrogen) atoms. The second-order valence-corrected chi connectivity index (χ2v) is 8.72. The first kappa shape index (κ1) is 17.5. The largest absolute Gasteiger partial charge is 0.381 e. The second-order valence-electron chi connectivity index (χ2n) is 6.49. The van der Waals surface area contributed by atoms with E-state index >= 15 is 0 Å². The van der Waals surface area contributed by atoms with Gasteiger partial charge in [0.05, 0.1) is 11.5 Å². The number of aryl methyl sites for hydroxylation is 1. The van der Waals surface area contributed by atoms with Crippen LogP contribution < -0.4 is 10.6 Å². The highest BCUT2D eigenvalue weighted by Crippen LogP contribution is 2.15. The summed E-state index contributed by atoms with van der Waals surface area (Å²) in [5.41, 5.74) is 3.76. The summed E-state index contributed by atoms with van der Waals surface area (Å²) in [7, 11) is -3.00. The van der Waals surface area contributed by atoms with E-state index in [9.17, 15) is 13.2 Å². The molecule has 0 radical (unpaired) electrons. The van der Waals surface area contributed by atoms with Crippen LogP contribution in [0.15, 0.2) is 48.5 Å². The number of benzene rings is 2. The zero-order chi connectivity index (χ0) is 17.9. The minimum Gasteiger partial charge on any atom is -0.381 e. The van der Waals surface area contributed by atoms with Crippen molar-refractivity contribution in [1.82, 2.24) is 5.32 Å². The minimum atomic E-state index is -3.00. The van der Waals surface area contributed by atoms with E-state index in [4.69, 9.17) is 0 Å². The van der Waals surface area contributed by atoms with Gasteiger partial charge < -0.3 is 10.6 Å². The standard InChI is InChI=1S/C19H22N2O3S/c1-14-5-7-15(8-6-14)12-20-17-4-2-3-16(11-17)19(22)21-18-9-10-25(23,24)13-18/h2-8,11,18,20H,9-10,12-13H2,1H3,(H,21,22)/t18-/m1/s1. The molecule has 0 unspecified atom stereocenters. The fraction of sp³-hybridized carbons (Fsp3) is 0.316. The van der Waals surface area contributed by atoms with Crippen LogP contribution in [0.1, 0.15) is 27.9 Å². The molecule has 0 aromatic heterocycles. The summed E-state index contributed by atoms with van der Waals surface area (Å²) in [6.45, 7) is 2.72. The number of carbonyl (C=O) groups is 1. The quantitative estimate of drug-likeness (QED) is 0.861. The van der Waals surface area contributed by atoms with E-state index in [1.54, 1.807) is 12.1 Å². The van der Waals surface area contributed by atoms with Gasteiger partial charge in [-0.2, -0.15) is 0 Å². The maximum Gasteiger partial charge on any atom is 0.251 e. The molecule has 2 N–H and O–H groups in total. The molecule has 2 aromatic carbocycles. The van der Waals surface area contributed by atoms with Gasteiger partial charge in [0.25, 0.3) is 5.91 Å². The highest BCUT2D eigenvalue weighted by atomic mass is 32.2. The van der Waals surface area contributed by atoms with Crippen LogP contribution in [0.25, 0.3) is 0 Å². The van der Waals surface area contributed by atoms with Crippen molar-refractivity contribution in [1.29, 1.82) is 0 Å². The zero-order valence-corrected chi connectivity index (χ0v) is 15.0. The van der Waals surface area contributed by atoms with E-state index in [1.165, 1.54) is 5.56 Å². The Bertz CT molecular complexity index is 860. The van der Waals surface area contributed by atoms with Crippen molar-refractivity contribution in [2.75, 3.05) is 16.8 Å². The van der Waals surface area contributed by atoms with Crippen LogP contribution in [0.2, 0.25) is 0 Å². The molecule has 1 aliphatic heterocycles. The SMILES string of the molecule is Cc1ccc(CNc2cccc(C(=O)N[C@@H]3CCS(=O)(=O)C3)c2)cc1. The molecule has 0 spiro atoms. The Morgan fingerprint density at radius 2 is 1.92 bits per heavy atom. The van der Waals surface area contributed by atoms with Crippen LogP contribution in [-0.4, -0.2) is 31.9 Å². The molecule has 6 heteroatoms. The number of anilines is 1. The van der Waals surface area contributed by atoms with Crippen molar-refractivity contribution in [2.24, 2.45) is 0 Å². The van der Waals surface area contributed by atoms with Crippen LogP contribution >= 0.6 is 0 Å². The summed E-state index contributed by atoms with van der Waals surface area (Å²) in [4.78, 5) is 12.3. The molecule has 2 aromatic rings. The lowest BCUT2D eigenvalue weighted by Crippen LogP contribution is -2.35. The number of rotatable bonds is 5. The van der Waals surface area contributed by atoms with Gasteiger partial charge in [0.15, 0.2) is 9.84 Å². The molecule has 0 bridgehead atoms. The van der Waals surface area contributed by atoms with E-state index in [2.05, 4.69) is 41.8 Å². The maximum absolute atomic E-state index is 12.3. The number of carbonyl (C=O) groups excluding carboxylic acids is 1. The van der Waals surface area contributed by atoms with Crippen molar-refractivity contribution in [2.45, 2.75) is 25.9 Å².